The fourth-order valence-corrected chi connectivity index (χ4v) is 6.61. The van der Waals surface area contributed by atoms with Crippen LogP contribution in [0.2, 0.25) is 0 Å². The Balaban J connectivity index is 1.69. The molecule has 3 heterocycles. The Bertz CT molecular complexity index is 842. The first-order chi connectivity index (χ1) is 13.4. The Morgan fingerprint density at radius 1 is 1.11 bits per heavy atom. The highest BCUT2D eigenvalue weighted by Crippen LogP contribution is 2.46. The van der Waals surface area contributed by atoms with Crippen LogP contribution in [-0.4, -0.2) is 75.9 Å². The fourth-order valence-electron chi connectivity index (χ4n) is 5.23. The van der Waals surface area contributed by atoms with Crippen LogP contribution in [0.15, 0.2) is 12.1 Å². The standard InChI is InChI=1S/C20H31N3O4S/c1-21(2)28(24,25)23-8-5-6-15-13-22-9-7-14-10-19(26-3)20(27-4)11-16(14)18(22)12-17(15)23/h10-11,15,17-18H,5-9,12-13H2,1-4H3/t15-,17+,18-/m1/s1. The van der Waals surface area contributed by atoms with Gasteiger partial charge in [0.05, 0.1) is 14.2 Å². The van der Waals surface area contributed by atoms with Crippen molar-refractivity contribution in [3.05, 3.63) is 23.3 Å². The molecule has 28 heavy (non-hydrogen) atoms. The summed E-state index contributed by atoms with van der Waals surface area (Å²) in [5, 5.41) is 0. The van der Waals surface area contributed by atoms with Crippen LogP contribution in [0.1, 0.15) is 36.4 Å². The van der Waals surface area contributed by atoms with E-state index >= 15 is 0 Å². The molecule has 1 aromatic rings. The van der Waals surface area contributed by atoms with Crippen molar-refractivity contribution < 1.29 is 17.9 Å². The Morgan fingerprint density at radius 3 is 2.50 bits per heavy atom. The highest BCUT2D eigenvalue weighted by Gasteiger charge is 2.46. The zero-order chi connectivity index (χ0) is 20.1. The molecule has 156 valence electrons. The van der Waals surface area contributed by atoms with Crippen molar-refractivity contribution in [2.45, 2.75) is 37.8 Å². The SMILES string of the molecule is COc1cc2c(cc1OC)[C@H]1C[C@H]3[C@H](CCCN3S(=O)(=O)N(C)C)CN1CC2. The summed E-state index contributed by atoms with van der Waals surface area (Å²) < 4.78 is 40.0. The summed E-state index contributed by atoms with van der Waals surface area (Å²) in [4.78, 5) is 2.54. The number of hydrogen-bond acceptors (Lipinski definition) is 5. The molecule has 0 saturated carbocycles. The number of hydrogen-bond donors (Lipinski definition) is 0. The van der Waals surface area contributed by atoms with Crippen LogP contribution in [0.3, 0.4) is 0 Å². The van der Waals surface area contributed by atoms with E-state index in [2.05, 4.69) is 17.0 Å². The Kier molecular flexibility index (Phi) is 5.33. The van der Waals surface area contributed by atoms with Crippen molar-refractivity contribution in [2.75, 3.05) is 47.9 Å². The lowest BCUT2D eigenvalue weighted by molar-refractivity contribution is 0.0202. The van der Waals surface area contributed by atoms with Crippen molar-refractivity contribution >= 4 is 10.2 Å². The van der Waals surface area contributed by atoms with Crippen LogP contribution in [0, 0.1) is 5.92 Å². The summed E-state index contributed by atoms with van der Waals surface area (Å²) in [5.74, 6) is 1.91. The first-order valence-electron chi connectivity index (χ1n) is 10.0. The smallest absolute Gasteiger partial charge is 0.281 e. The van der Waals surface area contributed by atoms with Gasteiger partial charge in [0, 0.05) is 45.8 Å². The third-order valence-corrected chi connectivity index (χ3v) is 8.64. The molecular weight excluding hydrogens is 378 g/mol. The van der Waals surface area contributed by atoms with Crippen LogP contribution < -0.4 is 9.47 Å². The molecule has 4 rings (SSSR count). The summed E-state index contributed by atoms with van der Waals surface area (Å²) in [6, 6.07) is 4.47. The van der Waals surface area contributed by atoms with Gasteiger partial charge in [-0.3, -0.25) is 4.90 Å². The number of rotatable bonds is 4. The molecule has 3 atom stereocenters. The van der Waals surface area contributed by atoms with Gasteiger partial charge in [-0.05, 0) is 54.9 Å². The molecule has 3 aliphatic heterocycles. The van der Waals surface area contributed by atoms with E-state index in [-0.39, 0.29) is 12.1 Å². The fraction of sp³-hybridized carbons (Fsp3) is 0.700. The minimum Gasteiger partial charge on any atom is -0.493 e. The lowest BCUT2D eigenvalue weighted by Gasteiger charge is -2.52. The van der Waals surface area contributed by atoms with E-state index in [0.717, 1.165) is 50.3 Å². The Labute approximate surface area is 168 Å². The van der Waals surface area contributed by atoms with Gasteiger partial charge in [0.2, 0.25) is 0 Å². The molecule has 2 saturated heterocycles. The summed E-state index contributed by atoms with van der Waals surface area (Å²) in [6.45, 7) is 2.59. The molecule has 8 heteroatoms. The number of methoxy groups -OCH3 is 2. The van der Waals surface area contributed by atoms with Crippen molar-refractivity contribution in [3.63, 3.8) is 0 Å². The number of ether oxygens (including phenoxy) is 2. The first kappa shape index (κ1) is 19.9. The second-order valence-electron chi connectivity index (χ2n) is 8.27. The van der Waals surface area contributed by atoms with Gasteiger partial charge in [0.1, 0.15) is 0 Å². The van der Waals surface area contributed by atoms with Crippen molar-refractivity contribution in [2.24, 2.45) is 5.92 Å². The second-order valence-corrected chi connectivity index (χ2v) is 10.4. The minimum atomic E-state index is -3.41. The second kappa shape index (κ2) is 7.48. The zero-order valence-electron chi connectivity index (χ0n) is 17.2. The van der Waals surface area contributed by atoms with Crippen LogP contribution in [0.5, 0.6) is 11.5 Å². The average Bonchev–Trinajstić information content (AvgIpc) is 2.70. The van der Waals surface area contributed by atoms with Crippen LogP contribution in [-0.2, 0) is 16.6 Å². The minimum absolute atomic E-state index is 0.0569. The third-order valence-electron chi connectivity index (χ3n) is 6.67. The molecule has 0 N–H and O–H groups in total. The molecular formula is C20H31N3O4S. The third kappa shape index (κ3) is 3.20. The molecule has 0 bridgehead atoms. The van der Waals surface area contributed by atoms with Gasteiger partial charge in [-0.25, -0.2) is 0 Å². The number of benzene rings is 1. The van der Waals surface area contributed by atoms with Crippen LogP contribution in [0.25, 0.3) is 0 Å². The predicted molar refractivity (Wildman–Crippen MR) is 108 cm³/mol. The van der Waals surface area contributed by atoms with Crippen LogP contribution >= 0.6 is 0 Å². The van der Waals surface area contributed by atoms with E-state index in [1.165, 1.54) is 15.4 Å². The van der Waals surface area contributed by atoms with Gasteiger partial charge in [-0.1, -0.05) is 0 Å². The first-order valence-corrected chi connectivity index (χ1v) is 11.4. The molecule has 0 unspecified atom stereocenters. The van der Waals surface area contributed by atoms with Crippen molar-refractivity contribution in [3.8, 4) is 11.5 Å². The topological polar surface area (TPSA) is 62.3 Å². The zero-order valence-corrected chi connectivity index (χ0v) is 18.0. The lowest BCUT2D eigenvalue weighted by atomic mass is 9.77. The molecule has 0 aliphatic carbocycles. The summed E-state index contributed by atoms with van der Waals surface area (Å²) >= 11 is 0. The van der Waals surface area contributed by atoms with Crippen molar-refractivity contribution in [1.29, 1.82) is 0 Å². The highest BCUT2D eigenvalue weighted by atomic mass is 32.2. The summed E-state index contributed by atoms with van der Waals surface area (Å²) in [7, 11) is 3.17. The normalized spacial score (nSPS) is 28.4. The van der Waals surface area contributed by atoms with E-state index in [4.69, 9.17) is 9.47 Å². The van der Waals surface area contributed by atoms with Gasteiger partial charge in [-0.2, -0.15) is 17.0 Å². The van der Waals surface area contributed by atoms with E-state index in [1.807, 2.05) is 0 Å². The quantitative estimate of drug-likeness (QED) is 0.760. The predicted octanol–water partition coefficient (Wildman–Crippen LogP) is 1.89. The molecule has 3 aliphatic rings. The molecule has 0 amide bonds. The molecule has 0 aromatic heterocycles. The monoisotopic (exact) mass is 409 g/mol. The Morgan fingerprint density at radius 2 is 1.82 bits per heavy atom. The van der Waals surface area contributed by atoms with E-state index in [0.29, 0.717) is 12.5 Å². The Hall–Kier alpha value is -1.35. The maximum absolute atomic E-state index is 12.9. The number of nitrogens with zero attached hydrogens (tertiary/aromatic N) is 3. The van der Waals surface area contributed by atoms with Gasteiger partial charge >= 0.3 is 0 Å². The van der Waals surface area contributed by atoms with E-state index in [9.17, 15) is 8.42 Å². The van der Waals surface area contributed by atoms with Crippen molar-refractivity contribution in [1.82, 2.24) is 13.5 Å². The maximum Gasteiger partial charge on any atom is 0.281 e. The number of fused-ring (bicyclic) bond motifs is 4. The lowest BCUT2D eigenvalue weighted by Crippen LogP contribution is -2.59. The van der Waals surface area contributed by atoms with Crippen LogP contribution in [0.4, 0.5) is 0 Å². The molecule has 0 radical (unpaired) electrons. The molecule has 7 nitrogen and oxygen atoms in total. The van der Waals surface area contributed by atoms with Gasteiger partial charge < -0.3 is 9.47 Å². The maximum atomic E-state index is 12.9. The van der Waals surface area contributed by atoms with Gasteiger partial charge in [-0.15, -0.1) is 0 Å². The summed E-state index contributed by atoms with van der Waals surface area (Å²) in [5.41, 5.74) is 2.55. The van der Waals surface area contributed by atoms with Gasteiger partial charge in [0.25, 0.3) is 10.2 Å². The van der Waals surface area contributed by atoms with E-state index in [1.54, 1.807) is 32.6 Å². The van der Waals surface area contributed by atoms with Gasteiger partial charge in [0.15, 0.2) is 11.5 Å². The summed E-state index contributed by atoms with van der Waals surface area (Å²) in [6.07, 6.45) is 3.87. The molecule has 0 spiro atoms. The highest BCUT2D eigenvalue weighted by molar-refractivity contribution is 7.86. The molecule has 1 aromatic carbocycles. The molecule has 2 fully saturated rings. The average molecular weight is 410 g/mol. The van der Waals surface area contributed by atoms with E-state index < -0.39 is 10.2 Å². The number of piperidine rings is 2. The largest absolute Gasteiger partial charge is 0.493 e.